The summed E-state index contributed by atoms with van der Waals surface area (Å²) in [4.78, 5) is 24.0. The van der Waals surface area contributed by atoms with Crippen LogP contribution in [0.25, 0.3) is 0 Å². The average molecular weight is 213 g/mol. The highest BCUT2D eigenvalue weighted by Crippen LogP contribution is 2.41. The Labute approximate surface area is 90.3 Å². The van der Waals surface area contributed by atoms with Gasteiger partial charge in [-0.2, -0.15) is 0 Å². The fourth-order valence-corrected chi connectivity index (χ4v) is 2.03. The highest BCUT2D eigenvalue weighted by atomic mass is 16.4. The molecule has 1 N–H and O–H groups in total. The molecular weight excluding hydrogens is 194 g/mol. The van der Waals surface area contributed by atoms with Gasteiger partial charge in [0.2, 0.25) is 0 Å². The quantitative estimate of drug-likeness (QED) is 0.670. The smallest absolute Gasteiger partial charge is 0.407 e. The second-order valence-electron chi connectivity index (χ2n) is 5.42. The Morgan fingerprint density at radius 1 is 1.47 bits per heavy atom. The molecule has 0 aromatic heterocycles. The fraction of sp³-hybridized carbons (Fsp3) is 0.818. The zero-order valence-electron chi connectivity index (χ0n) is 9.83. The van der Waals surface area contributed by atoms with Gasteiger partial charge in [-0.15, -0.1) is 0 Å². The number of carboxylic acid groups (broad SMARTS) is 1. The molecule has 0 aromatic carbocycles. The standard InChI is InChI=1S/C11H19NO3/c1-10(2,3)11(4)7-8(13)5-6-12(11)9(14)15/h5-7H2,1-4H3,(H,14,15). The molecule has 1 atom stereocenters. The molecule has 1 heterocycles. The largest absolute Gasteiger partial charge is 0.465 e. The van der Waals surface area contributed by atoms with Gasteiger partial charge in [0.25, 0.3) is 0 Å². The lowest BCUT2D eigenvalue weighted by Gasteiger charge is -2.50. The van der Waals surface area contributed by atoms with Crippen LogP contribution in [0, 0.1) is 5.41 Å². The van der Waals surface area contributed by atoms with Gasteiger partial charge in [0.15, 0.2) is 0 Å². The predicted octanol–water partition coefficient (Wildman–Crippen LogP) is 2.13. The predicted molar refractivity (Wildman–Crippen MR) is 56.8 cm³/mol. The van der Waals surface area contributed by atoms with E-state index < -0.39 is 11.6 Å². The lowest BCUT2D eigenvalue weighted by atomic mass is 9.69. The van der Waals surface area contributed by atoms with Crippen LogP contribution in [0.1, 0.15) is 40.5 Å². The van der Waals surface area contributed by atoms with E-state index in [1.807, 2.05) is 27.7 Å². The molecule has 1 aliphatic heterocycles. The molecule has 0 radical (unpaired) electrons. The summed E-state index contributed by atoms with van der Waals surface area (Å²) >= 11 is 0. The van der Waals surface area contributed by atoms with E-state index >= 15 is 0 Å². The number of carbonyl (C=O) groups is 2. The van der Waals surface area contributed by atoms with Crippen molar-refractivity contribution in [3.8, 4) is 0 Å². The second kappa shape index (κ2) is 3.51. The van der Waals surface area contributed by atoms with Gasteiger partial charge in [0.1, 0.15) is 5.78 Å². The van der Waals surface area contributed by atoms with Crippen molar-refractivity contribution in [2.45, 2.75) is 46.1 Å². The second-order valence-corrected chi connectivity index (χ2v) is 5.42. The van der Waals surface area contributed by atoms with Crippen molar-refractivity contribution in [2.24, 2.45) is 5.41 Å². The van der Waals surface area contributed by atoms with Crippen LogP contribution in [0.4, 0.5) is 4.79 Å². The number of likely N-dealkylation sites (tertiary alicyclic amines) is 1. The topological polar surface area (TPSA) is 57.6 Å². The minimum absolute atomic E-state index is 0.157. The molecule has 1 saturated heterocycles. The van der Waals surface area contributed by atoms with E-state index in [1.54, 1.807) is 0 Å². The third-order valence-corrected chi connectivity index (χ3v) is 3.60. The summed E-state index contributed by atoms with van der Waals surface area (Å²) in [7, 11) is 0. The van der Waals surface area contributed by atoms with Crippen LogP contribution in [0.3, 0.4) is 0 Å². The van der Waals surface area contributed by atoms with Gasteiger partial charge in [0.05, 0.1) is 5.54 Å². The monoisotopic (exact) mass is 213 g/mol. The highest BCUT2D eigenvalue weighted by Gasteiger charge is 2.48. The normalized spacial score (nSPS) is 28.0. The Hall–Kier alpha value is -1.06. The lowest BCUT2D eigenvalue weighted by Crippen LogP contribution is -2.61. The Balaban J connectivity index is 3.07. The van der Waals surface area contributed by atoms with Crippen molar-refractivity contribution in [1.82, 2.24) is 4.90 Å². The van der Waals surface area contributed by atoms with Crippen molar-refractivity contribution < 1.29 is 14.7 Å². The van der Waals surface area contributed by atoms with Crippen LogP contribution in [-0.4, -0.2) is 34.0 Å². The number of nitrogens with zero attached hydrogens (tertiary/aromatic N) is 1. The molecule has 15 heavy (non-hydrogen) atoms. The SMILES string of the molecule is CC(C)(C)C1(C)CC(=O)CCN1C(=O)O. The molecule has 4 nitrogen and oxygen atoms in total. The van der Waals surface area contributed by atoms with Crippen molar-refractivity contribution in [1.29, 1.82) is 0 Å². The Morgan fingerprint density at radius 2 is 2.00 bits per heavy atom. The van der Waals surface area contributed by atoms with E-state index in [4.69, 9.17) is 5.11 Å². The maximum atomic E-state index is 11.5. The number of hydrogen-bond donors (Lipinski definition) is 1. The van der Waals surface area contributed by atoms with Crippen LogP contribution in [-0.2, 0) is 4.79 Å². The molecule has 0 spiro atoms. The number of amides is 1. The maximum absolute atomic E-state index is 11.5. The molecule has 1 unspecified atom stereocenters. The van der Waals surface area contributed by atoms with Crippen LogP contribution in [0.15, 0.2) is 0 Å². The molecular formula is C11H19NO3. The summed E-state index contributed by atoms with van der Waals surface area (Å²) in [5.74, 6) is 0.157. The van der Waals surface area contributed by atoms with Gasteiger partial charge in [-0.25, -0.2) is 4.79 Å². The first-order valence-corrected chi connectivity index (χ1v) is 5.21. The zero-order valence-corrected chi connectivity index (χ0v) is 9.83. The minimum atomic E-state index is -0.931. The Bertz CT molecular complexity index is 293. The van der Waals surface area contributed by atoms with Gasteiger partial charge < -0.3 is 10.0 Å². The molecule has 86 valence electrons. The number of Topliss-reactive ketones (excluding diaryl/α,β-unsaturated/α-hetero) is 1. The van der Waals surface area contributed by atoms with Gasteiger partial charge in [-0.05, 0) is 12.3 Å². The molecule has 1 amide bonds. The number of rotatable bonds is 0. The van der Waals surface area contributed by atoms with Crippen molar-refractivity contribution in [3.63, 3.8) is 0 Å². The Morgan fingerprint density at radius 3 is 2.40 bits per heavy atom. The molecule has 4 heteroatoms. The third-order valence-electron chi connectivity index (χ3n) is 3.60. The van der Waals surface area contributed by atoms with Gasteiger partial charge in [-0.1, -0.05) is 20.8 Å². The first-order valence-electron chi connectivity index (χ1n) is 5.21. The van der Waals surface area contributed by atoms with Crippen LogP contribution < -0.4 is 0 Å². The summed E-state index contributed by atoms with van der Waals surface area (Å²) in [5.41, 5.74) is -0.824. The van der Waals surface area contributed by atoms with Crippen LogP contribution in [0.5, 0.6) is 0 Å². The fourth-order valence-electron chi connectivity index (χ4n) is 2.03. The summed E-state index contributed by atoms with van der Waals surface area (Å²) in [6.45, 7) is 8.10. The van der Waals surface area contributed by atoms with Crippen molar-refractivity contribution in [2.75, 3.05) is 6.54 Å². The number of ketones is 1. The van der Waals surface area contributed by atoms with Crippen molar-refractivity contribution >= 4 is 11.9 Å². The first kappa shape index (κ1) is 12.0. The van der Waals surface area contributed by atoms with Gasteiger partial charge >= 0.3 is 6.09 Å². The Kier molecular flexibility index (Phi) is 2.81. The molecule has 1 rings (SSSR count). The van der Waals surface area contributed by atoms with E-state index in [2.05, 4.69) is 0 Å². The van der Waals surface area contributed by atoms with E-state index in [0.29, 0.717) is 19.4 Å². The van der Waals surface area contributed by atoms with Crippen molar-refractivity contribution in [3.05, 3.63) is 0 Å². The van der Waals surface area contributed by atoms with E-state index in [-0.39, 0.29) is 11.2 Å². The molecule has 0 aromatic rings. The summed E-state index contributed by atoms with van der Waals surface area (Å²) < 4.78 is 0. The maximum Gasteiger partial charge on any atom is 0.407 e. The number of carbonyl (C=O) groups excluding carboxylic acids is 1. The number of hydrogen-bond acceptors (Lipinski definition) is 2. The molecule has 0 saturated carbocycles. The van der Waals surface area contributed by atoms with E-state index in [1.165, 1.54) is 4.90 Å². The van der Waals surface area contributed by atoms with E-state index in [0.717, 1.165) is 0 Å². The van der Waals surface area contributed by atoms with Gasteiger partial charge in [0, 0.05) is 19.4 Å². The molecule has 1 aliphatic rings. The minimum Gasteiger partial charge on any atom is -0.465 e. The lowest BCUT2D eigenvalue weighted by molar-refractivity contribution is -0.128. The highest BCUT2D eigenvalue weighted by molar-refractivity contribution is 5.83. The first-order chi connectivity index (χ1) is 6.68. The van der Waals surface area contributed by atoms with Gasteiger partial charge in [-0.3, -0.25) is 4.79 Å². The molecule has 0 bridgehead atoms. The molecule has 0 aliphatic carbocycles. The summed E-state index contributed by atoms with van der Waals surface area (Å²) in [5, 5.41) is 9.14. The third kappa shape index (κ3) is 1.98. The van der Waals surface area contributed by atoms with Crippen LogP contribution >= 0.6 is 0 Å². The summed E-state index contributed by atoms with van der Waals surface area (Å²) in [6, 6.07) is 0. The molecule has 1 fully saturated rings. The summed E-state index contributed by atoms with van der Waals surface area (Å²) in [6.07, 6.45) is -0.263. The van der Waals surface area contributed by atoms with E-state index in [9.17, 15) is 9.59 Å². The zero-order chi connectivity index (χ0) is 11.9. The van der Waals surface area contributed by atoms with Crippen LogP contribution in [0.2, 0.25) is 0 Å². The number of piperidine rings is 1. The average Bonchev–Trinajstić information content (AvgIpc) is 2.00.